The van der Waals surface area contributed by atoms with Gasteiger partial charge in [0.2, 0.25) is 0 Å². The molecule has 0 bridgehead atoms. The average Bonchev–Trinajstić information content (AvgIpc) is 1.61. The average molecular weight is 155 g/mol. The molecule has 0 aromatic heterocycles. The van der Waals surface area contributed by atoms with Gasteiger partial charge in [0.1, 0.15) is 0 Å². The molecule has 1 N–H and O–H groups in total. The first-order valence-corrected chi connectivity index (χ1v) is 2.24. The minimum atomic E-state index is -0.431. The van der Waals surface area contributed by atoms with Crippen molar-refractivity contribution in [3.05, 3.63) is 12.7 Å². The molecule has 0 rings (SSSR count). The van der Waals surface area contributed by atoms with Crippen molar-refractivity contribution in [2.75, 3.05) is 6.54 Å². The van der Waals surface area contributed by atoms with Gasteiger partial charge in [-0.25, -0.2) is 0 Å². The fourth-order valence-corrected chi connectivity index (χ4v) is 0.239. The van der Waals surface area contributed by atoms with E-state index in [0.29, 0.717) is 6.54 Å². The third kappa shape index (κ3) is 10.1. The van der Waals surface area contributed by atoms with Gasteiger partial charge in [0.25, 0.3) is 0 Å². The summed E-state index contributed by atoms with van der Waals surface area (Å²) in [5.41, 5.74) is 0. The predicted molar refractivity (Wildman–Crippen MR) is 30.8 cm³/mol. The predicted octanol–water partition coefficient (Wildman–Crippen LogP) is -3.59. The molecule has 0 spiro atoms. The van der Waals surface area contributed by atoms with Crippen LogP contribution in [-0.2, 0) is 0 Å². The number of hydrogen-bond donors (Lipinski definition) is 1. The Morgan fingerprint density at radius 3 is 2.50 bits per heavy atom. The molecule has 0 fully saturated rings. The second-order valence-electron chi connectivity index (χ2n) is 0.957. The third-order valence-electron chi connectivity index (χ3n) is 0.391. The van der Waals surface area contributed by atoms with E-state index in [1.54, 1.807) is 6.08 Å². The summed E-state index contributed by atoms with van der Waals surface area (Å²) in [6.07, 6.45) is 1.57. The molecule has 2 nitrogen and oxygen atoms in total. The van der Waals surface area contributed by atoms with Crippen LogP contribution in [0.3, 0.4) is 0 Å². The maximum atomic E-state index is 9.86. The van der Waals surface area contributed by atoms with Gasteiger partial charge in [-0.05, 0) is 0 Å². The van der Waals surface area contributed by atoms with Crippen LogP contribution in [0.15, 0.2) is 12.7 Å². The van der Waals surface area contributed by atoms with E-state index >= 15 is 0 Å². The maximum Gasteiger partial charge on any atom is 1.00 e. The molecule has 0 atom stereocenters. The van der Waals surface area contributed by atoms with Crippen molar-refractivity contribution in [3.63, 3.8) is 0 Å². The van der Waals surface area contributed by atoms with Gasteiger partial charge < -0.3 is 10.4 Å². The molecule has 0 radical (unpaired) electrons. The minimum Gasteiger partial charge on any atom is -0.852 e. The second-order valence-corrected chi connectivity index (χ2v) is 1.33. The van der Waals surface area contributed by atoms with Crippen LogP contribution in [0.4, 0.5) is 0 Å². The Hall–Kier alpha value is 1.07. The molecule has 0 amide bonds. The number of rotatable bonds is 2. The monoisotopic (exact) mass is 155 g/mol. The summed E-state index contributed by atoms with van der Waals surface area (Å²) in [5, 5.41) is 11.8. The van der Waals surface area contributed by atoms with Gasteiger partial charge in [-0.15, -0.1) is 6.58 Å². The zero-order valence-corrected chi connectivity index (χ0v) is 8.75. The Bertz CT molecular complexity index is 86.1. The van der Waals surface area contributed by atoms with Crippen LogP contribution >= 0.6 is 12.2 Å². The van der Waals surface area contributed by atoms with Gasteiger partial charge in [-0.1, -0.05) is 18.3 Å². The van der Waals surface area contributed by atoms with Crippen LogP contribution in [0.5, 0.6) is 0 Å². The molecular weight excluding hydrogens is 149 g/mol. The molecule has 0 aromatic rings. The van der Waals surface area contributed by atoms with E-state index in [1.165, 1.54) is 0 Å². The zero-order valence-electron chi connectivity index (χ0n) is 4.81. The normalized spacial score (nSPS) is 6.50. The molecule has 0 aliphatic rings. The summed E-state index contributed by atoms with van der Waals surface area (Å²) >= 11 is 4.15. The summed E-state index contributed by atoms with van der Waals surface area (Å²) < 4.78 is 0. The van der Waals surface area contributed by atoms with Crippen molar-refractivity contribution >= 4 is 17.4 Å². The van der Waals surface area contributed by atoms with Gasteiger partial charge >= 0.3 is 51.4 Å². The van der Waals surface area contributed by atoms with E-state index in [-0.39, 0.29) is 51.4 Å². The molecule has 0 saturated carbocycles. The number of hydrogen-bond acceptors (Lipinski definition) is 2. The SMILES string of the molecule is C=CCNC([O-])=S.[K+]. The van der Waals surface area contributed by atoms with Gasteiger partial charge in [0, 0.05) is 11.7 Å². The zero-order chi connectivity index (χ0) is 5.70. The topological polar surface area (TPSA) is 35.1 Å². The fraction of sp³-hybridized carbons (Fsp3) is 0.250. The number of thiocarbonyl (C=S) groups is 1. The molecule has 0 heterocycles. The molecule has 40 valence electrons. The molecule has 4 heteroatoms. The molecule has 8 heavy (non-hydrogen) atoms. The van der Waals surface area contributed by atoms with Crippen molar-refractivity contribution in [2.45, 2.75) is 0 Å². The summed E-state index contributed by atoms with van der Waals surface area (Å²) in [6, 6.07) is 0. The second kappa shape index (κ2) is 8.07. The smallest absolute Gasteiger partial charge is 0.852 e. The summed E-state index contributed by atoms with van der Waals surface area (Å²) in [4.78, 5) is 0. The maximum absolute atomic E-state index is 9.86. The van der Waals surface area contributed by atoms with Crippen molar-refractivity contribution in [2.24, 2.45) is 0 Å². The van der Waals surface area contributed by atoms with Gasteiger partial charge in [0.15, 0.2) is 0 Å². The van der Waals surface area contributed by atoms with Crippen LogP contribution in [0.1, 0.15) is 0 Å². The van der Waals surface area contributed by atoms with E-state index < -0.39 is 5.17 Å². The molecular formula is C4H6KNOS. The fourth-order valence-electron chi connectivity index (χ4n) is 0.156. The van der Waals surface area contributed by atoms with E-state index in [1.807, 2.05) is 0 Å². The van der Waals surface area contributed by atoms with Crippen LogP contribution in [0.25, 0.3) is 0 Å². The summed E-state index contributed by atoms with van der Waals surface area (Å²) in [7, 11) is 0. The van der Waals surface area contributed by atoms with Crippen molar-refractivity contribution in [1.82, 2.24) is 5.32 Å². The first kappa shape index (κ1) is 11.8. The van der Waals surface area contributed by atoms with Crippen LogP contribution in [-0.4, -0.2) is 11.7 Å². The summed E-state index contributed by atoms with van der Waals surface area (Å²) in [5.74, 6) is 0. The molecule has 0 aliphatic heterocycles. The van der Waals surface area contributed by atoms with Crippen LogP contribution < -0.4 is 61.8 Å². The molecule has 0 unspecified atom stereocenters. The molecule has 0 saturated heterocycles. The summed E-state index contributed by atoms with van der Waals surface area (Å²) in [6.45, 7) is 3.83. The first-order chi connectivity index (χ1) is 3.27. The Labute approximate surface area is 96.8 Å². The first-order valence-electron chi connectivity index (χ1n) is 1.83. The van der Waals surface area contributed by atoms with Crippen molar-refractivity contribution in [3.8, 4) is 0 Å². The van der Waals surface area contributed by atoms with E-state index in [2.05, 4.69) is 24.1 Å². The van der Waals surface area contributed by atoms with Crippen molar-refractivity contribution in [1.29, 1.82) is 0 Å². The van der Waals surface area contributed by atoms with Crippen LogP contribution in [0, 0.1) is 0 Å². The quantitative estimate of drug-likeness (QED) is 0.254. The minimum absolute atomic E-state index is 0. The van der Waals surface area contributed by atoms with Crippen molar-refractivity contribution < 1.29 is 56.5 Å². The van der Waals surface area contributed by atoms with E-state index in [0.717, 1.165) is 0 Å². The Morgan fingerprint density at radius 2 is 2.38 bits per heavy atom. The van der Waals surface area contributed by atoms with E-state index in [4.69, 9.17) is 0 Å². The third-order valence-corrected chi connectivity index (χ3v) is 0.535. The van der Waals surface area contributed by atoms with Gasteiger partial charge in [-0.2, -0.15) is 0 Å². The van der Waals surface area contributed by atoms with E-state index in [9.17, 15) is 5.11 Å². The van der Waals surface area contributed by atoms with Gasteiger partial charge in [-0.3, -0.25) is 0 Å². The molecule has 0 aromatic carbocycles. The standard InChI is InChI=1S/C4H7NOS.K/c1-2-3-5-4(6)7;/h2H,1,3H2,(H2,5,6,7);/q;+1/p-1. The Kier molecular flexibility index (Phi) is 11.9. The van der Waals surface area contributed by atoms with Crippen LogP contribution in [0.2, 0.25) is 0 Å². The largest absolute Gasteiger partial charge is 1.00 e. The van der Waals surface area contributed by atoms with Gasteiger partial charge in [0.05, 0.1) is 0 Å². The molecule has 0 aliphatic carbocycles. The Morgan fingerprint density at radius 1 is 1.88 bits per heavy atom. The Balaban J connectivity index is 0. The number of nitrogens with one attached hydrogen (secondary N) is 1.